The summed E-state index contributed by atoms with van der Waals surface area (Å²) in [6.45, 7) is 7.56. The maximum atomic E-state index is 12.0. The van der Waals surface area contributed by atoms with Gasteiger partial charge >= 0.3 is 0 Å². The molecule has 0 amide bonds. The third-order valence-corrected chi connectivity index (χ3v) is 6.18. The molecule has 1 atom stereocenters. The van der Waals surface area contributed by atoms with Crippen molar-refractivity contribution >= 4 is 20.1 Å². The topological polar surface area (TPSA) is 103 Å². The molecular formula is C20H26NO5S2-. The van der Waals surface area contributed by atoms with Crippen LogP contribution in [0.5, 0.6) is 0 Å². The van der Waals surface area contributed by atoms with E-state index in [0.717, 1.165) is 24.8 Å². The minimum atomic E-state index is -4.27. The molecule has 2 rings (SSSR count). The van der Waals surface area contributed by atoms with Crippen LogP contribution in [0.2, 0.25) is 0 Å². The maximum absolute atomic E-state index is 12.0. The van der Waals surface area contributed by atoms with E-state index in [1.807, 2.05) is 6.92 Å². The van der Waals surface area contributed by atoms with Crippen LogP contribution < -0.4 is 4.72 Å². The van der Waals surface area contributed by atoms with Crippen LogP contribution in [-0.4, -0.2) is 27.4 Å². The third-order valence-electron chi connectivity index (χ3n) is 3.82. The van der Waals surface area contributed by atoms with Crippen LogP contribution in [0.25, 0.3) is 0 Å². The van der Waals surface area contributed by atoms with E-state index in [0.29, 0.717) is 4.90 Å². The number of aryl methyl sites for hydroxylation is 1. The molecule has 8 heteroatoms. The molecule has 0 bridgehead atoms. The molecule has 28 heavy (non-hydrogen) atoms. The largest absolute Gasteiger partial charge is 0.744 e. The Morgan fingerprint density at radius 3 is 2.04 bits per heavy atom. The van der Waals surface area contributed by atoms with Gasteiger partial charge in [-0.05, 0) is 37.6 Å². The molecule has 0 aliphatic rings. The zero-order chi connectivity index (χ0) is 21.2. The van der Waals surface area contributed by atoms with Gasteiger partial charge in [0.15, 0.2) is 0 Å². The molecule has 2 aromatic rings. The fourth-order valence-electron chi connectivity index (χ4n) is 2.22. The van der Waals surface area contributed by atoms with Crippen molar-refractivity contribution in [3.8, 4) is 0 Å². The molecule has 0 saturated carbocycles. The number of unbranched alkanes of at least 4 members (excludes halogenated alkanes) is 1. The van der Waals surface area contributed by atoms with Gasteiger partial charge in [-0.3, -0.25) is 0 Å². The highest BCUT2D eigenvalue weighted by Gasteiger charge is 2.17. The summed E-state index contributed by atoms with van der Waals surface area (Å²) in [7, 11) is -7.69. The molecule has 2 aromatic carbocycles. The molecular weight excluding hydrogens is 398 g/mol. The number of benzene rings is 2. The van der Waals surface area contributed by atoms with Crippen molar-refractivity contribution in [1.82, 2.24) is 4.72 Å². The second kappa shape index (κ2) is 11.1. The summed E-state index contributed by atoms with van der Waals surface area (Å²) < 4.78 is 57.8. The summed E-state index contributed by atoms with van der Waals surface area (Å²) in [5.74, 6) is 0. The van der Waals surface area contributed by atoms with E-state index in [-0.39, 0.29) is 10.9 Å². The quantitative estimate of drug-likeness (QED) is 0.515. The fraction of sp³-hybridized carbons (Fsp3) is 0.300. The van der Waals surface area contributed by atoms with Crippen molar-refractivity contribution in [3.05, 3.63) is 72.8 Å². The number of nitrogens with one attached hydrogen (secondary N) is 1. The standard InChI is InChI=1S/C13H19NO2S.C7H8O3S/c1-3-5-9-12(4-2)14-17(15,16)13-10-7-6-8-11-13;1-6-2-4-7(5-3-6)11(8,9)10/h4,6-8,10-12,14H,2-3,5,9H2,1H3;2-5H,1H3,(H,8,9,10)/p-1. The molecule has 0 heterocycles. The van der Waals surface area contributed by atoms with Gasteiger partial charge in [0, 0.05) is 6.04 Å². The van der Waals surface area contributed by atoms with Crippen LogP contribution in [0.15, 0.2) is 77.0 Å². The highest BCUT2D eigenvalue weighted by molar-refractivity contribution is 7.89. The Labute approximate surface area is 168 Å². The van der Waals surface area contributed by atoms with Crippen LogP contribution >= 0.6 is 0 Å². The van der Waals surface area contributed by atoms with Gasteiger partial charge in [-0.15, -0.1) is 6.58 Å². The molecule has 0 fully saturated rings. The normalized spacial score (nSPS) is 12.5. The lowest BCUT2D eigenvalue weighted by molar-refractivity contribution is 0.463. The maximum Gasteiger partial charge on any atom is 0.241 e. The Morgan fingerprint density at radius 2 is 1.57 bits per heavy atom. The zero-order valence-electron chi connectivity index (χ0n) is 16.0. The second-order valence-corrected chi connectivity index (χ2v) is 9.28. The molecule has 1 N–H and O–H groups in total. The van der Waals surface area contributed by atoms with Crippen molar-refractivity contribution in [2.45, 2.75) is 48.9 Å². The first-order valence-corrected chi connectivity index (χ1v) is 11.7. The Balaban J connectivity index is 0.000000307. The van der Waals surface area contributed by atoms with E-state index in [1.54, 1.807) is 48.5 Å². The van der Waals surface area contributed by atoms with E-state index in [2.05, 4.69) is 18.2 Å². The van der Waals surface area contributed by atoms with Gasteiger partial charge in [0.05, 0.1) is 9.79 Å². The molecule has 154 valence electrons. The number of hydrogen-bond donors (Lipinski definition) is 1. The van der Waals surface area contributed by atoms with E-state index in [1.165, 1.54) is 12.1 Å². The van der Waals surface area contributed by atoms with E-state index >= 15 is 0 Å². The predicted molar refractivity (Wildman–Crippen MR) is 109 cm³/mol. The molecule has 0 aromatic heterocycles. The smallest absolute Gasteiger partial charge is 0.241 e. The van der Waals surface area contributed by atoms with Gasteiger partial charge in [-0.1, -0.05) is 61.7 Å². The molecule has 0 spiro atoms. The molecule has 1 unspecified atom stereocenters. The molecule has 0 radical (unpaired) electrons. The number of hydrogen-bond acceptors (Lipinski definition) is 5. The lowest BCUT2D eigenvalue weighted by Gasteiger charge is -2.14. The predicted octanol–water partition coefficient (Wildman–Crippen LogP) is 3.61. The Morgan fingerprint density at radius 1 is 1.00 bits per heavy atom. The monoisotopic (exact) mass is 424 g/mol. The minimum Gasteiger partial charge on any atom is -0.744 e. The van der Waals surface area contributed by atoms with Crippen LogP contribution in [0.3, 0.4) is 0 Å². The van der Waals surface area contributed by atoms with Gasteiger partial charge < -0.3 is 4.55 Å². The van der Waals surface area contributed by atoms with E-state index < -0.39 is 20.1 Å². The van der Waals surface area contributed by atoms with Crippen molar-refractivity contribution in [3.63, 3.8) is 0 Å². The zero-order valence-corrected chi connectivity index (χ0v) is 17.7. The average molecular weight is 425 g/mol. The first-order valence-electron chi connectivity index (χ1n) is 8.82. The van der Waals surface area contributed by atoms with E-state index in [4.69, 9.17) is 0 Å². The summed E-state index contributed by atoms with van der Waals surface area (Å²) in [5.41, 5.74) is 0.928. The number of rotatable bonds is 8. The van der Waals surface area contributed by atoms with Gasteiger partial charge in [0.2, 0.25) is 10.0 Å². The molecule has 6 nitrogen and oxygen atoms in total. The van der Waals surface area contributed by atoms with Gasteiger partial charge in [0.1, 0.15) is 10.1 Å². The summed E-state index contributed by atoms with van der Waals surface area (Å²) in [6, 6.07) is 14.0. The van der Waals surface area contributed by atoms with Crippen LogP contribution in [-0.2, 0) is 20.1 Å². The van der Waals surface area contributed by atoms with Crippen LogP contribution in [0.1, 0.15) is 31.7 Å². The van der Waals surface area contributed by atoms with Crippen molar-refractivity contribution < 1.29 is 21.4 Å². The van der Waals surface area contributed by atoms with Crippen molar-refractivity contribution in [2.24, 2.45) is 0 Å². The third kappa shape index (κ3) is 8.35. The Bertz CT molecular complexity index is 938. The van der Waals surface area contributed by atoms with Crippen molar-refractivity contribution in [2.75, 3.05) is 0 Å². The van der Waals surface area contributed by atoms with Gasteiger partial charge in [0.25, 0.3) is 0 Å². The molecule has 0 aliphatic carbocycles. The summed E-state index contributed by atoms with van der Waals surface area (Å²) in [6.07, 6.45) is 4.45. The summed E-state index contributed by atoms with van der Waals surface area (Å²) in [5, 5.41) is 0. The molecule has 0 saturated heterocycles. The SMILES string of the molecule is C=CC(CCCC)NS(=O)(=O)c1ccccc1.Cc1ccc(S(=O)(=O)[O-])cc1. The summed E-state index contributed by atoms with van der Waals surface area (Å²) >= 11 is 0. The minimum absolute atomic E-state index is 0.178. The fourth-order valence-corrected chi connectivity index (χ4v) is 3.95. The van der Waals surface area contributed by atoms with Gasteiger partial charge in [-0.2, -0.15) is 0 Å². The highest BCUT2D eigenvalue weighted by Crippen LogP contribution is 2.11. The second-order valence-electron chi connectivity index (χ2n) is 6.19. The lowest BCUT2D eigenvalue weighted by Crippen LogP contribution is -2.33. The van der Waals surface area contributed by atoms with Crippen LogP contribution in [0.4, 0.5) is 0 Å². The first-order chi connectivity index (χ1) is 13.1. The Hall–Kier alpha value is -2.00. The van der Waals surface area contributed by atoms with Crippen LogP contribution in [0, 0.1) is 6.92 Å². The first kappa shape index (κ1) is 24.0. The van der Waals surface area contributed by atoms with Crippen molar-refractivity contribution in [1.29, 1.82) is 0 Å². The van der Waals surface area contributed by atoms with Gasteiger partial charge in [-0.25, -0.2) is 21.6 Å². The highest BCUT2D eigenvalue weighted by atomic mass is 32.2. The summed E-state index contributed by atoms with van der Waals surface area (Å²) in [4.78, 5) is 0.117. The number of sulfonamides is 1. The molecule has 0 aliphatic heterocycles. The average Bonchev–Trinajstić information content (AvgIpc) is 2.66. The van der Waals surface area contributed by atoms with E-state index in [9.17, 15) is 21.4 Å². The Kier molecular flexibility index (Phi) is 9.54. The lowest BCUT2D eigenvalue weighted by atomic mass is 10.1.